The van der Waals surface area contributed by atoms with Crippen molar-refractivity contribution in [3.63, 3.8) is 0 Å². The van der Waals surface area contributed by atoms with Crippen LogP contribution in [0.3, 0.4) is 0 Å². The van der Waals surface area contributed by atoms with E-state index < -0.39 is 0 Å². The second-order valence-corrected chi connectivity index (χ2v) is 3.40. The fourth-order valence-electron chi connectivity index (χ4n) is 1.08. The van der Waals surface area contributed by atoms with E-state index in [1.807, 2.05) is 12.1 Å². The lowest BCUT2D eigenvalue weighted by molar-refractivity contribution is -0.163. The number of ether oxygens (including phenoxy) is 1. The summed E-state index contributed by atoms with van der Waals surface area (Å²) < 4.78 is 4.75. The Labute approximate surface area is 86.8 Å². The van der Waals surface area contributed by atoms with Crippen LogP contribution in [0.25, 0.3) is 0 Å². The van der Waals surface area contributed by atoms with Crippen molar-refractivity contribution < 1.29 is 9.53 Å². The van der Waals surface area contributed by atoms with Crippen LogP contribution in [-0.4, -0.2) is 12.1 Å². The van der Waals surface area contributed by atoms with Gasteiger partial charge in [-0.05, 0) is 24.3 Å². The van der Waals surface area contributed by atoms with Crippen molar-refractivity contribution in [3.8, 4) is 11.8 Å². The molecule has 0 aliphatic carbocycles. The Morgan fingerprint density at radius 3 is 2.57 bits per heavy atom. The second-order valence-electron chi connectivity index (χ2n) is 2.96. The smallest absolute Gasteiger partial charge is 0.311 e. The number of benzene rings is 1. The van der Waals surface area contributed by atoms with Gasteiger partial charge in [0.25, 0.3) is 0 Å². The van der Waals surface area contributed by atoms with Crippen molar-refractivity contribution in [2.24, 2.45) is 0 Å². The summed E-state index contributed by atoms with van der Waals surface area (Å²) in [6, 6.07) is 7.21. The molecule has 1 fully saturated rings. The predicted octanol–water partition coefficient (Wildman–Crippen LogP) is 2.01. The summed E-state index contributed by atoms with van der Waals surface area (Å²) in [4.78, 5) is 10.5. The Balaban J connectivity index is 2.03. The summed E-state index contributed by atoms with van der Waals surface area (Å²) in [7, 11) is 0. The first-order valence-electron chi connectivity index (χ1n) is 4.20. The van der Waals surface area contributed by atoms with Gasteiger partial charge < -0.3 is 4.74 Å². The van der Waals surface area contributed by atoms with Gasteiger partial charge in [0.15, 0.2) is 6.10 Å². The lowest BCUT2D eigenvalue weighted by Crippen LogP contribution is -2.31. The Kier molecular flexibility index (Phi) is 2.43. The van der Waals surface area contributed by atoms with Crippen LogP contribution in [0.15, 0.2) is 24.3 Å². The first kappa shape index (κ1) is 9.11. The molecular weight excluding hydrogens is 200 g/mol. The SMILES string of the molecule is O=C1CC(C#Cc2ccc(Cl)cc2)O1. The summed E-state index contributed by atoms with van der Waals surface area (Å²) in [5.74, 6) is 5.58. The van der Waals surface area contributed by atoms with Gasteiger partial charge in [0.05, 0.1) is 6.42 Å². The molecule has 1 heterocycles. The van der Waals surface area contributed by atoms with Crippen LogP contribution in [0.5, 0.6) is 0 Å². The van der Waals surface area contributed by atoms with Gasteiger partial charge in [-0.25, -0.2) is 0 Å². The highest BCUT2D eigenvalue weighted by Crippen LogP contribution is 2.12. The topological polar surface area (TPSA) is 26.3 Å². The van der Waals surface area contributed by atoms with Crippen LogP contribution in [0.4, 0.5) is 0 Å². The van der Waals surface area contributed by atoms with Crippen LogP contribution in [0.1, 0.15) is 12.0 Å². The third kappa shape index (κ3) is 2.07. The highest BCUT2D eigenvalue weighted by molar-refractivity contribution is 6.30. The van der Waals surface area contributed by atoms with E-state index in [-0.39, 0.29) is 12.1 Å². The van der Waals surface area contributed by atoms with Crippen molar-refractivity contribution in [1.29, 1.82) is 0 Å². The maximum absolute atomic E-state index is 10.5. The number of carbonyl (C=O) groups excluding carboxylic acids is 1. The van der Waals surface area contributed by atoms with Crippen LogP contribution in [0.2, 0.25) is 5.02 Å². The molecule has 14 heavy (non-hydrogen) atoms. The van der Waals surface area contributed by atoms with Crippen LogP contribution >= 0.6 is 11.6 Å². The van der Waals surface area contributed by atoms with E-state index in [2.05, 4.69) is 11.8 Å². The number of cyclic esters (lactones) is 1. The average Bonchev–Trinajstić information content (AvgIpc) is 2.13. The number of halogens is 1. The van der Waals surface area contributed by atoms with Crippen molar-refractivity contribution in [3.05, 3.63) is 34.9 Å². The Bertz CT molecular complexity index is 403. The molecule has 1 aliphatic rings. The monoisotopic (exact) mass is 206 g/mol. The molecule has 3 heteroatoms. The number of hydrogen-bond donors (Lipinski definition) is 0. The van der Waals surface area contributed by atoms with Gasteiger partial charge in [-0.2, -0.15) is 0 Å². The fourth-order valence-corrected chi connectivity index (χ4v) is 1.20. The molecule has 0 radical (unpaired) electrons. The molecule has 0 saturated carbocycles. The molecule has 2 nitrogen and oxygen atoms in total. The standard InChI is InChI=1S/C11H7ClO2/c12-9-4-1-8(2-5-9)3-6-10-7-11(13)14-10/h1-2,4-5,10H,7H2. The molecule has 0 N–H and O–H groups in total. The van der Waals surface area contributed by atoms with Gasteiger partial charge in [0.2, 0.25) is 0 Å². The Hall–Kier alpha value is -1.46. The average molecular weight is 207 g/mol. The minimum atomic E-state index is -0.224. The van der Waals surface area contributed by atoms with E-state index in [1.165, 1.54) is 0 Å². The number of rotatable bonds is 0. The number of hydrogen-bond acceptors (Lipinski definition) is 2. The van der Waals surface area contributed by atoms with Crippen molar-refractivity contribution in [2.45, 2.75) is 12.5 Å². The van der Waals surface area contributed by atoms with Gasteiger partial charge in [0.1, 0.15) is 0 Å². The Morgan fingerprint density at radius 1 is 1.36 bits per heavy atom. The van der Waals surface area contributed by atoms with E-state index in [0.717, 1.165) is 5.56 Å². The maximum atomic E-state index is 10.5. The highest BCUT2D eigenvalue weighted by atomic mass is 35.5. The lowest BCUT2D eigenvalue weighted by atomic mass is 10.1. The summed E-state index contributed by atoms with van der Waals surface area (Å²) in [5.41, 5.74) is 0.873. The summed E-state index contributed by atoms with van der Waals surface area (Å²) in [5, 5.41) is 0.686. The van der Waals surface area contributed by atoms with Gasteiger partial charge >= 0.3 is 5.97 Å². The van der Waals surface area contributed by atoms with Gasteiger partial charge in [-0.1, -0.05) is 23.4 Å². The second kappa shape index (κ2) is 3.73. The van der Waals surface area contributed by atoms with Crippen LogP contribution < -0.4 is 0 Å². The molecule has 0 amide bonds. The summed E-state index contributed by atoms with van der Waals surface area (Å²) in [6.45, 7) is 0. The zero-order valence-electron chi connectivity index (χ0n) is 7.29. The zero-order chi connectivity index (χ0) is 9.97. The predicted molar refractivity (Wildman–Crippen MR) is 52.8 cm³/mol. The van der Waals surface area contributed by atoms with E-state index in [0.29, 0.717) is 11.4 Å². The largest absolute Gasteiger partial charge is 0.448 e. The molecule has 70 valence electrons. The zero-order valence-corrected chi connectivity index (χ0v) is 8.04. The van der Waals surface area contributed by atoms with Crippen molar-refractivity contribution in [2.75, 3.05) is 0 Å². The quantitative estimate of drug-likeness (QED) is 0.480. The molecular formula is C11H7ClO2. The lowest BCUT2D eigenvalue weighted by Gasteiger charge is -2.19. The fraction of sp³-hybridized carbons (Fsp3) is 0.182. The van der Waals surface area contributed by atoms with Gasteiger partial charge in [0, 0.05) is 10.6 Å². The third-order valence-electron chi connectivity index (χ3n) is 1.85. The Morgan fingerprint density at radius 2 is 2.00 bits per heavy atom. The van der Waals surface area contributed by atoms with E-state index in [4.69, 9.17) is 16.3 Å². The van der Waals surface area contributed by atoms with Crippen molar-refractivity contribution in [1.82, 2.24) is 0 Å². The molecule has 0 spiro atoms. The molecule has 1 atom stereocenters. The van der Waals surface area contributed by atoms with E-state index >= 15 is 0 Å². The van der Waals surface area contributed by atoms with Crippen LogP contribution in [0, 0.1) is 11.8 Å². The first-order chi connectivity index (χ1) is 6.74. The normalized spacial score (nSPS) is 18.9. The number of carbonyl (C=O) groups is 1. The first-order valence-corrected chi connectivity index (χ1v) is 4.58. The highest BCUT2D eigenvalue weighted by Gasteiger charge is 2.25. The minimum Gasteiger partial charge on any atom is -0.448 e. The van der Waals surface area contributed by atoms with Gasteiger partial charge in [-0.3, -0.25) is 4.79 Å². The molecule has 0 aromatic heterocycles. The summed E-state index contributed by atoms with van der Waals surface area (Å²) in [6.07, 6.45) is 0.179. The minimum absolute atomic E-state index is 0.180. The molecule has 1 aromatic carbocycles. The number of esters is 1. The van der Waals surface area contributed by atoms with E-state index in [1.54, 1.807) is 12.1 Å². The van der Waals surface area contributed by atoms with Gasteiger partial charge in [-0.15, -0.1) is 0 Å². The molecule has 1 aromatic rings. The summed E-state index contributed by atoms with van der Waals surface area (Å²) >= 11 is 5.71. The molecule has 1 unspecified atom stereocenters. The van der Waals surface area contributed by atoms with Crippen molar-refractivity contribution >= 4 is 17.6 Å². The molecule has 1 aliphatic heterocycles. The molecule has 1 saturated heterocycles. The maximum Gasteiger partial charge on any atom is 0.311 e. The third-order valence-corrected chi connectivity index (χ3v) is 2.10. The van der Waals surface area contributed by atoms with Crippen LogP contribution in [-0.2, 0) is 9.53 Å². The van der Waals surface area contributed by atoms with E-state index in [9.17, 15) is 4.79 Å². The molecule has 0 bridgehead atoms. The molecule has 2 rings (SSSR count).